The Morgan fingerprint density at radius 3 is 2.59 bits per heavy atom. The molecule has 3 heteroatoms. The van der Waals surface area contributed by atoms with E-state index < -0.39 is 0 Å². The Kier molecular flexibility index (Phi) is 4.17. The number of benzene rings is 1. The Morgan fingerprint density at radius 2 is 1.88 bits per heavy atom. The van der Waals surface area contributed by atoms with E-state index in [-0.39, 0.29) is 0 Å². The molecule has 1 aromatic heterocycles. The van der Waals surface area contributed by atoms with E-state index in [1.165, 1.54) is 0 Å². The average molecular weight is 246 g/mol. The fourth-order valence-electron chi connectivity index (χ4n) is 1.33. The predicted molar refractivity (Wildman–Crippen MR) is 70.6 cm³/mol. The summed E-state index contributed by atoms with van der Waals surface area (Å²) in [5.74, 6) is 0.940. The van der Waals surface area contributed by atoms with Crippen LogP contribution in [0, 0.1) is 0 Å². The zero-order valence-corrected chi connectivity index (χ0v) is 9.97. The SMILES string of the molecule is ClCc1coc(C=CC=Cc2ccccc2)n1. The minimum absolute atomic E-state index is 0.372. The van der Waals surface area contributed by atoms with Crippen molar-refractivity contribution in [3.05, 3.63) is 65.9 Å². The summed E-state index contributed by atoms with van der Waals surface area (Å²) in [5, 5.41) is 0. The monoisotopic (exact) mass is 245 g/mol. The molecule has 0 radical (unpaired) electrons. The molecule has 17 heavy (non-hydrogen) atoms. The highest BCUT2D eigenvalue weighted by atomic mass is 35.5. The van der Waals surface area contributed by atoms with Gasteiger partial charge in [-0.15, -0.1) is 11.6 Å². The molecule has 1 aromatic carbocycles. The van der Waals surface area contributed by atoms with Crippen molar-refractivity contribution in [1.82, 2.24) is 4.98 Å². The van der Waals surface area contributed by atoms with Crippen molar-refractivity contribution in [2.24, 2.45) is 0 Å². The van der Waals surface area contributed by atoms with Crippen molar-refractivity contribution in [2.75, 3.05) is 0 Å². The quantitative estimate of drug-likeness (QED) is 0.598. The topological polar surface area (TPSA) is 26.0 Å². The summed E-state index contributed by atoms with van der Waals surface area (Å²) in [7, 11) is 0. The molecule has 2 rings (SSSR count). The van der Waals surface area contributed by atoms with Crippen LogP contribution in [0.2, 0.25) is 0 Å². The molecule has 0 fully saturated rings. The minimum atomic E-state index is 0.372. The van der Waals surface area contributed by atoms with Gasteiger partial charge in [-0.05, 0) is 5.56 Å². The first-order valence-corrected chi connectivity index (χ1v) is 5.82. The summed E-state index contributed by atoms with van der Waals surface area (Å²) < 4.78 is 5.19. The molecule has 2 nitrogen and oxygen atoms in total. The van der Waals surface area contributed by atoms with Crippen molar-refractivity contribution in [1.29, 1.82) is 0 Å². The Hall–Kier alpha value is -1.80. The number of oxazole rings is 1. The van der Waals surface area contributed by atoms with Crippen LogP contribution in [0.15, 0.2) is 53.2 Å². The molecule has 2 aromatic rings. The lowest BCUT2D eigenvalue weighted by Crippen LogP contribution is -1.75. The number of nitrogens with zero attached hydrogens (tertiary/aromatic N) is 1. The van der Waals surface area contributed by atoms with Crippen LogP contribution in [0.1, 0.15) is 17.1 Å². The first kappa shape index (κ1) is 11.7. The van der Waals surface area contributed by atoms with Gasteiger partial charge in [-0.25, -0.2) is 4.98 Å². The maximum atomic E-state index is 5.62. The van der Waals surface area contributed by atoms with Crippen molar-refractivity contribution in [2.45, 2.75) is 5.88 Å². The van der Waals surface area contributed by atoms with Crippen LogP contribution in [-0.2, 0) is 5.88 Å². The molecule has 0 amide bonds. The molecule has 0 unspecified atom stereocenters. The van der Waals surface area contributed by atoms with Crippen LogP contribution < -0.4 is 0 Å². The van der Waals surface area contributed by atoms with E-state index in [0.29, 0.717) is 11.8 Å². The fraction of sp³-hybridized carbons (Fsp3) is 0.0714. The van der Waals surface area contributed by atoms with E-state index in [9.17, 15) is 0 Å². The van der Waals surface area contributed by atoms with E-state index in [2.05, 4.69) is 4.98 Å². The summed E-state index contributed by atoms with van der Waals surface area (Å²) in [5.41, 5.74) is 1.91. The molecule has 0 bridgehead atoms. The number of rotatable bonds is 4. The van der Waals surface area contributed by atoms with Gasteiger partial charge in [0.15, 0.2) is 0 Å². The van der Waals surface area contributed by atoms with Gasteiger partial charge < -0.3 is 4.42 Å². The summed E-state index contributed by atoms with van der Waals surface area (Å²) in [6.45, 7) is 0. The maximum absolute atomic E-state index is 5.62. The third-order valence-corrected chi connectivity index (χ3v) is 2.42. The van der Waals surface area contributed by atoms with Crippen molar-refractivity contribution in [3.63, 3.8) is 0 Å². The lowest BCUT2D eigenvalue weighted by Gasteiger charge is -1.88. The largest absolute Gasteiger partial charge is 0.445 e. The zero-order chi connectivity index (χ0) is 11.9. The predicted octanol–water partition coefficient (Wildman–Crippen LogP) is 4.14. The van der Waals surface area contributed by atoms with Gasteiger partial charge in [-0.1, -0.05) is 48.6 Å². The third-order valence-electron chi connectivity index (χ3n) is 2.14. The molecule has 86 valence electrons. The molecule has 0 aliphatic rings. The van der Waals surface area contributed by atoms with Gasteiger partial charge in [-0.2, -0.15) is 0 Å². The Labute approximate surface area is 105 Å². The van der Waals surface area contributed by atoms with Crippen molar-refractivity contribution < 1.29 is 4.42 Å². The summed E-state index contributed by atoms with van der Waals surface area (Å²) in [6, 6.07) is 10.1. The van der Waals surface area contributed by atoms with E-state index in [1.807, 2.05) is 48.6 Å². The van der Waals surface area contributed by atoms with Crippen LogP contribution in [0.4, 0.5) is 0 Å². The molecule has 0 atom stereocenters. The van der Waals surface area contributed by atoms with Crippen molar-refractivity contribution in [3.8, 4) is 0 Å². The van der Waals surface area contributed by atoms with Gasteiger partial charge in [0.25, 0.3) is 0 Å². The summed E-state index contributed by atoms with van der Waals surface area (Å²) in [4.78, 5) is 4.15. The summed E-state index contributed by atoms with van der Waals surface area (Å²) >= 11 is 5.62. The van der Waals surface area contributed by atoms with Gasteiger partial charge in [0.1, 0.15) is 6.26 Å². The van der Waals surface area contributed by atoms with E-state index >= 15 is 0 Å². The van der Waals surface area contributed by atoms with Gasteiger partial charge in [0, 0.05) is 6.08 Å². The molecule has 1 heterocycles. The van der Waals surface area contributed by atoms with E-state index in [4.69, 9.17) is 16.0 Å². The number of allylic oxidation sites excluding steroid dienone is 2. The summed E-state index contributed by atoms with van der Waals surface area (Å²) in [6.07, 6.45) is 9.21. The Morgan fingerprint density at radius 1 is 1.12 bits per heavy atom. The molecule has 0 saturated carbocycles. The van der Waals surface area contributed by atoms with E-state index in [1.54, 1.807) is 12.3 Å². The average Bonchev–Trinajstić information content (AvgIpc) is 2.84. The number of hydrogen-bond acceptors (Lipinski definition) is 2. The number of halogens is 1. The van der Waals surface area contributed by atoms with Crippen LogP contribution in [0.3, 0.4) is 0 Å². The van der Waals surface area contributed by atoms with E-state index in [0.717, 1.165) is 11.3 Å². The highest BCUT2D eigenvalue weighted by Gasteiger charge is 1.97. The Balaban J connectivity index is 1.95. The molecule has 0 aliphatic heterocycles. The third kappa shape index (κ3) is 3.61. The van der Waals surface area contributed by atoms with Crippen LogP contribution in [-0.4, -0.2) is 4.98 Å². The zero-order valence-electron chi connectivity index (χ0n) is 9.21. The van der Waals surface area contributed by atoms with Gasteiger partial charge in [-0.3, -0.25) is 0 Å². The highest BCUT2D eigenvalue weighted by Crippen LogP contribution is 2.07. The van der Waals surface area contributed by atoms with Gasteiger partial charge in [0.2, 0.25) is 5.89 Å². The standard InChI is InChI=1S/C14H12ClNO/c15-10-13-11-17-14(16-13)9-5-4-8-12-6-2-1-3-7-12/h1-9,11H,10H2. The van der Waals surface area contributed by atoms with Crippen LogP contribution in [0.25, 0.3) is 12.2 Å². The smallest absolute Gasteiger partial charge is 0.218 e. The normalized spacial score (nSPS) is 11.6. The van der Waals surface area contributed by atoms with Crippen LogP contribution in [0.5, 0.6) is 0 Å². The second kappa shape index (κ2) is 6.06. The molecule has 0 saturated heterocycles. The Bertz CT molecular complexity index is 514. The minimum Gasteiger partial charge on any atom is -0.445 e. The maximum Gasteiger partial charge on any atom is 0.218 e. The van der Waals surface area contributed by atoms with Gasteiger partial charge in [0.05, 0.1) is 11.6 Å². The molecular formula is C14H12ClNO. The first-order valence-electron chi connectivity index (χ1n) is 5.28. The molecule has 0 spiro atoms. The number of aromatic nitrogens is 1. The molecule has 0 N–H and O–H groups in total. The number of hydrogen-bond donors (Lipinski definition) is 0. The molecular weight excluding hydrogens is 234 g/mol. The fourth-order valence-corrected chi connectivity index (χ4v) is 1.45. The van der Waals surface area contributed by atoms with Gasteiger partial charge >= 0.3 is 0 Å². The lowest BCUT2D eigenvalue weighted by atomic mass is 10.2. The van der Waals surface area contributed by atoms with Crippen LogP contribution >= 0.6 is 11.6 Å². The second-order valence-corrected chi connectivity index (χ2v) is 3.71. The highest BCUT2D eigenvalue weighted by molar-refractivity contribution is 6.16. The molecule has 0 aliphatic carbocycles. The van der Waals surface area contributed by atoms with Crippen molar-refractivity contribution >= 4 is 23.8 Å². The second-order valence-electron chi connectivity index (χ2n) is 3.44. The number of alkyl halides is 1. The lowest BCUT2D eigenvalue weighted by molar-refractivity contribution is 0.545. The first-order chi connectivity index (χ1) is 8.38.